The summed E-state index contributed by atoms with van der Waals surface area (Å²) in [6.07, 6.45) is 3.43. The molecule has 0 aliphatic heterocycles. The molecule has 5 heteroatoms. The van der Waals surface area contributed by atoms with Crippen LogP contribution in [0.5, 0.6) is 0 Å². The minimum Gasteiger partial charge on any atom is -0.369 e. The van der Waals surface area contributed by atoms with Crippen molar-refractivity contribution in [1.82, 2.24) is 4.98 Å². The van der Waals surface area contributed by atoms with Crippen molar-refractivity contribution in [2.45, 2.75) is 6.54 Å². The molecule has 0 saturated heterocycles. The minimum absolute atomic E-state index is 0.506. The van der Waals surface area contributed by atoms with E-state index in [4.69, 9.17) is 5.73 Å². The number of hydrogen-bond donors (Lipinski definition) is 2. The molecule has 78 valence electrons. The number of nitrogens with one attached hydrogen (secondary N) is 1. The number of aromatic nitrogens is 1. The molecular weight excluding hydrogens is 198 g/mol. The minimum atomic E-state index is -0.755. The summed E-state index contributed by atoms with van der Waals surface area (Å²) in [6.45, 7) is 1.18. The van der Waals surface area contributed by atoms with E-state index < -0.39 is 10.8 Å². The molecule has 0 spiro atoms. The van der Waals surface area contributed by atoms with Crippen molar-refractivity contribution in [3.8, 4) is 0 Å². The van der Waals surface area contributed by atoms with Crippen LogP contribution < -0.4 is 11.1 Å². The van der Waals surface area contributed by atoms with Crippen LogP contribution in [0, 0.1) is 0 Å². The number of anilines is 1. The number of nitrogens with two attached hydrogens (primary N) is 1. The summed E-state index contributed by atoms with van der Waals surface area (Å²) in [6, 6.07) is 3.80. The summed E-state index contributed by atoms with van der Waals surface area (Å²) in [5, 5.41) is 3.08. The maximum atomic E-state index is 10.8. The lowest BCUT2D eigenvalue weighted by Crippen LogP contribution is -2.10. The number of hydrogen-bond acceptors (Lipinski definition) is 4. The summed E-state index contributed by atoms with van der Waals surface area (Å²) in [4.78, 5) is 4.16. The molecule has 1 aromatic heterocycles. The van der Waals surface area contributed by atoms with E-state index in [2.05, 4.69) is 10.3 Å². The molecule has 1 heterocycles. The van der Waals surface area contributed by atoms with E-state index >= 15 is 0 Å². The maximum Gasteiger partial charge on any atom is 0.125 e. The van der Waals surface area contributed by atoms with Crippen molar-refractivity contribution in [3.63, 3.8) is 0 Å². The standard InChI is InChI=1S/C9H15N3OS/c1-14(13)5-4-11-9-3-2-8(6-10)7-12-9/h2-3,7H,4-6,10H2,1H3,(H,11,12). The third-order valence-electron chi connectivity index (χ3n) is 1.76. The average Bonchev–Trinajstić information content (AvgIpc) is 2.18. The molecule has 0 saturated carbocycles. The molecule has 0 aliphatic carbocycles. The van der Waals surface area contributed by atoms with Gasteiger partial charge >= 0.3 is 0 Å². The Morgan fingerprint density at radius 1 is 1.57 bits per heavy atom. The Balaban J connectivity index is 2.40. The zero-order valence-corrected chi connectivity index (χ0v) is 9.01. The van der Waals surface area contributed by atoms with E-state index in [0.29, 0.717) is 18.8 Å². The SMILES string of the molecule is CS(=O)CCNc1ccc(CN)cn1. The van der Waals surface area contributed by atoms with E-state index in [0.717, 1.165) is 11.4 Å². The lowest BCUT2D eigenvalue weighted by molar-refractivity contribution is 0.687. The Morgan fingerprint density at radius 2 is 2.36 bits per heavy atom. The molecule has 0 aromatic carbocycles. The van der Waals surface area contributed by atoms with Crippen molar-refractivity contribution < 1.29 is 4.21 Å². The molecule has 1 rings (SSSR count). The highest BCUT2D eigenvalue weighted by atomic mass is 32.2. The molecule has 4 nitrogen and oxygen atoms in total. The Kier molecular flexibility index (Phi) is 4.55. The van der Waals surface area contributed by atoms with Gasteiger partial charge in [-0.2, -0.15) is 0 Å². The Bertz CT molecular complexity index is 299. The molecule has 14 heavy (non-hydrogen) atoms. The highest BCUT2D eigenvalue weighted by Gasteiger charge is 1.95. The normalized spacial score (nSPS) is 12.4. The lowest BCUT2D eigenvalue weighted by atomic mass is 10.3. The smallest absolute Gasteiger partial charge is 0.125 e. The molecular formula is C9H15N3OS. The molecule has 1 aromatic rings. The van der Waals surface area contributed by atoms with Crippen LogP contribution in [0.4, 0.5) is 5.82 Å². The van der Waals surface area contributed by atoms with Crippen LogP contribution in [-0.2, 0) is 17.3 Å². The Labute approximate surface area is 86.4 Å². The van der Waals surface area contributed by atoms with Gasteiger partial charge in [-0.15, -0.1) is 0 Å². The van der Waals surface area contributed by atoms with E-state index in [1.54, 1.807) is 12.5 Å². The zero-order chi connectivity index (χ0) is 10.4. The van der Waals surface area contributed by atoms with Crippen LogP contribution >= 0.6 is 0 Å². The molecule has 0 aliphatic rings. The van der Waals surface area contributed by atoms with Gasteiger partial charge < -0.3 is 11.1 Å². The van der Waals surface area contributed by atoms with Crippen molar-refractivity contribution in [1.29, 1.82) is 0 Å². The van der Waals surface area contributed by atoms with Crippen molar-refractivity contribution in [3.05, 3.63) is 23.9 Å². The first-order valence-corrected chi connectivity index (χ1v) is 6.14. The highest BCUT2D eigenvalue weighted by Crippen LogP contribution is 2.03. The number of pyridine rings is 1. The van der Waals surface area contributed by atoms with E-state index in [-0.39, 0.29) is 0 Å². The predicted octanol–water partition coefficient (Wildman–Crippen LogP) is 0.331. The molecule has 1 unspecified atom stereocenters. The fourth-order valence-electron chi connectivity index (χ4n) is 0.973. The van der Waals surface area contributed by atoms with Gasteiger partial charge in [-0.25, -0.2) is 4.98 Å². The zero-order valence-electron chi connectivity index (χ0n) is 8.19. The first kappa shape index (κ1) is 11.1. The third-order valence-corrected chi connectivity index (χ3v) is 2.54. The second-order valence-electron chi connectivity index (χ2n) is 2.96. The molecule has 3 N–H and O–H groups in total. The molecule has 0 fully saturated rings. The average molecular weight is 213 g/mol. The van der Waals surface area contributed by atoms with Crippen molar-refractivity contribution >= 4 is 16.6 Å². The lowest BCUT2D eigenvalue weighted by Gasteiger charge is -2.04. The predicted molar refractivity (Wildman–Crippen MR) is 59.6 cm³/mol. The second-order valence-corrected chi connectivity index (χ2v) is 4.51. The summed E-state index contributed by atoms with van der Waals surface area (Å²) in [5.74, 6) is 1.44. The topological polar surface area (TPSA) is 68.0 Å². The third kappa shape index (κ3) is 3.85. The second kappa shape index (κ2) is 5.72. The van der Waals surface area contributed by atoms with Gasteiger partial charge in [0.1, 0.15) is 5.82 Å². The van der Waals surface area contributed by atoms with Gasteiger partial charge in [0.15, 0.2) is 0 Å². The van der Waals surface area contributed by atoms with Crippen LogP contribution in [0.25, 0.3) is 0 Å². The quantitative estimate of drug-likeness (QED) is 0.739. The van der Waals surface area contributed by atoms with Gasteiger partial charge in [0.2, 0.25) is 0 Å². The first-order chi connectivity index (χ1) is 6.72. The van der Waals surface area contributed by atoms with E-state index in [1.165, 1.54) is 0 Å². The molecule has 0 bridgehead atoms. The fraction of sp³-hybridized carbons (Fsp3) is 0.444. The molecule has 0 amide bonds. The van der Waals surface area contributed by atoms with Gasteiger partial charge in [0, 0.05) is 42.1 Å². The first-order valence-electron chi connectivity index (χ1n) is 4.41. The van der Waals surface area contributed by atoms with Crippen LogP contribution in [0.3, 0.4) is 0 Å². The summed E-state index contributed by atoms with van der Waals surface area (Å²) in [5.41, 5.74) is 6.45. The monoisotopic (exact) mass is 213 g/mol. The summed E-state index contributed by atoms with van der Waals surface area (Å²) >= 11 is 0. The molecule has 0 radical (unpaired) electrons. The molecule has 1 atom stereocenters. The highest BCUT2D eigenvalue weighted by molar-refractivity contribution is 7.84. The van der Waals surface area contributed by atoms with Crippen molar-refractivity contribution in [2.24, 2.45) is 5.73 Å². The van der Waals surface area contributed by atoms with Crippen LogP contribution in [0.2, 0.25) is 0 Å². The van der Waals surface area contributed by atoms with Crippen LogP contribution in [-0.4, -0.2) is 27.7 Å². The number of rotatable bonds is 5. The van der Waals surface area contributed by atoms with Gasteiger partial charge in [-0.3, -0.25) is 4.21 Å². The van der Waals surface area contributed by atoms with E-state index in [1.807, 2.05) is 12.1 Å². The van der Waals surface area contributed by atoms with Gasteiger partial charge in [0.25, 0.3) is 0 Å². The fourth-order valence-corrected chi connectivity index (χ4v) is 1.36. The largest absolute Gasteiger partial charge is 0.369 e. The van der Waals surface area contributed by atoms with Crippen molar-refractivity contribution in [2.75, 3.05) is 23.9 Å². The Morgan fingerprint density at radius 3 is 2.86 bits per heavy atom. The van der Waals surface area contributed by atoms with Gasteiger partial charge in [-0.1, -0.05) is 6.07 Å². The number of nitrogens with zero attached hydrogens (tertiary/aromatic N) is 1. The van der Waals surface area contributed by atoms with Gasteiger partial charge in [0.05, 0.1) is 0 Å². The van der Waals surface area contributed by atoms with Crippen LogP contribution in [0.15, 0.2) is 18.3 Å². The maximum absolute atomic E-state index is 10.8. The summed E-state index contributed by atoms with van der Waals surface area (Å²) in [7, 11) is -0.755. The van der Waals surface area contributed by atoms with Crippen LogP contribution in [0.1, 0.15) is 5.56 Å². The Hall–Kier alpha value is -0.940. The van der Waals surface area contributed by atoms with E-state index in [9.17, 15) is 4.21 Å². The summed E-state index contributed by atoms with van der Waals surface area (Å²) < 4.78 is 10.8. The van der Waals surface area contributed by atoms with Gasteiger partial charge in [-0.05, 0) is 11.6 Å².